The van der Waals surface area contributed by atoms with Crippen LogP contribution in [0.25, 0.3) is 82.7 Å². The zero-order valence-corrected chi connectivity index (χ0v) is 28.1. The van der Waals surface area contributed by atoms with Crippen molar-refractivity contribution in [3.8, 4) is 39.2 Å². The molecule has 0 amide bonds. The van der Waals surface area contributed by atoms with Crippen molar-refractivity contribution in [2.75, 3.05) is 0 Å². The third kappa shape index (κ3) is 3.43. The van der Waals surface area contributed by atoms with E-state index in [0.29, 0.717) is 0 Å². The van der Waals surface area contributed by atoms with Crippen LogP contribution in [-0.4, -0.2) is 9.55 Å². The second-order valence-corrected chi connectivity index (χ2v) is 14.1. The molecule has 0 unspecified atom stereocenters. The molecule has 2 heterocycles. The number of rotatable bonds is 2. The number of para-hydroxylation sites is 2. The molecular formula is C50H28N2. The minimum atomic E-state index is -0.423. The summed E-state index contributed by atoms with van der Waals surface area (Å²) in [7, 11) is 0. The molecule has 10 aromatic rings. The predicted octanol–water partition coefficient (Wildman–Crippen LogP) is 12.1. The SMILES string of the molecule is c1ccc2c3ccccc3n(-c3cccc(-c4nc5ccccc5c5cc6c(cc45)C4(c5ccccc5-c5ccccc54)c4ccccc4-6)c3)c2c#1. The van der Waals surface area contributed by atoms with Crippen molar-refractivity contribution in [2.45, 2.75) is 5.41 Å². The summed E-state index contributed by atoms with van der Waals surface area (Å²) in [6, 6.07) is 68.8. The van der Waals surface area contributed by atoms with Crippen LogP contribution in [-0.2, 0) is 5.41 Å². The molecule has 2 aromatic heterocycles. The molecular weight excluding hydrogens is 629 g/mol. The second-order valence-electron chi connectivity index (χ2n) is 14.1. The molecule has 0 fully saturated rings. The number of nitrogens with zero attached hydrogens (tertiary/aromatic N) is 2. The maximum absolute atomic E-state index is 5.48. The highest BCUT2D eigenvalue weighted by Crippen LogP contribution is 2.63. The van der Waals surface area contributed by atoms with Crippen molar-refractivity contribution in [2.24, 2.45) is 0 Å². The number of fused-ring (bicyclic) bond motifs is 16. The number of aromatic nitrogens is 2. The van der Waals surface area contributed by atoms with Gasteiger partial charge in [-0.2, -0.15) is 0 Å². The lowest BCUT2D eigenvalue weighted by molar-refractivity contribution is 0.795. The first-order valence-corrected chi connectivity index (χ1v) is 17.9. The van der Waals surface area contributed by atoms with Crippen molar-refractivity contribution < 1.29 is 0 Å². The van der Waals surface area contributed by atoms with Crippen LogP contribution >= 0.6 is 0 Å². The van der Waals surface area contributed by atoms with Crippen molar-refractivity contribution in [3.63, 3.8) is 0 Å². The summed E-state index contributed by atoms with van der Waals surface area (Å²) in [4.78, 5) is 5.48. The van der Waals surface area contributed by atoms with Gasteiger partial charge in [0.25, 0.3) is 0 Å². The van der Waals surface area contributed by atoms with Gasteiger partial charge in [0.05, 0.1) is 22.1 Å². The number of benzene rings is 7. The van der Waals surface area contributed by atoms with Crippen LogP contribution in [0, 0.1) is 12.1 Å². The van der Waals surface area contributed by atoms with Gasteiger partial charge in [-0.15, -0.1) is 0 Å². The Balaban J connectivity index is 1.19. The molecule has 0 atom stereocenters. The van der Waals surface area contributed by atoms with E-state index < -0.39 is 5.41 Å². The topological polar surface area (TPSA) is 17.8 Å². The molecule has 2 aliphatic rings. The number of hydrogen-bond acceptors (Lipinski definition) is 1. The molecule has 2 nitrogen and oxygen atoms in total. The van der Waals surface area contributed by atoms with Gasteiger partial charge in [0.2, 0.25) is 0 Å². The van der Waals surface area contributed by atoms with Crippen LogP contribution in [0.3, 0.4) is 0 Å². The highest BCUT2D eigenvalue weighted by Gasteiger charge is 2.51. The minimum absolute atomic E-state index is 0.423. The van der Waals surface area contributed by atoms with Crippen molar-refractivity contribution in [1.29, 1.82) is 0 Å². The Morgan fingerprint density at radius 1 is 0.462 bits per heavy atom. The van der Waals surface area contributed by atoms with Crippen LogP contribution in [0.5, 0.6) is 0 Å². The van der Waals surface area contributed by atoms with E-state index in [4.69, 9.17) is 4.98 Å². The molecule has 0 radical (unpaired) electrons. The van der Waals surface area contributed by atoms with Crippen LogP contribution in [0.4, 0.5) is 0 Å². The van der Waals surface area contributed by atoms with E-state index in [2.05, 4.69) is 180 Å². The van der Waals surface area contributed by atoms with E-state index in [1.165, 1.54) is 66.1 Å². The van der Waals surface area contributed by atoms with E-state index in [9.17, 15) is 0 Å². The van der Waals surface area contributed by atoms with Gasteiger partial charge in [0.15, 0.2) is 0 Å². The average molecular weight is 657 g/mol. The molecule has 8 aromatic carbocycles. The molecule has 0 aliphatic heterocycles. The maximum atomic E-state index is 5.48. The monoisotopic (exact) mass is 656 g/mol. The van der Waals surface area contributed by atoms with Gasteiger partial charge in [-0.3, -0.25) is 0 Å². The molecule has 0 bridgehead atoms. The highest BCUT2D eigenvalue weighted by molar-refractivity contribution is 6.14. The quantitative estimate of drug-likeness (QED) is 0.169. The smallest absolute Gasteiger partial charge is 0.105 e. The van der Waals surface area contributed by atoms with Crippen molar-refractivity contribution >= 4 is 43.5 Å². The Bertz CT molecular complexity index is 3050. The third-order valence-electron chi connectivity index (χ3n) is 11.6. The first-order chi connectivity index (χ1) is 25.8. The van der Waals surface area contributed by atoms with Gasteiger partial charge in [-0.1, -0.05) is 127 Å². The van der Waals surface area contributed by atoms with E-state index in [1.807, 2.05) is 6.07 Å². The fourth-order valence-corrected chi connectivity index (χ4v) is 9.61. The molecule has 2 aliphatic carbocycles. The van der Waals surface area contributed by atoms with Gasteiger partial charge < -0.3 is 4.57 Å². The lowest BCUT2D eigenvalue weighted by Crippen LogP contribution is -2.25. The van der Waals surface area contributed by atoms with E-state index in [0.717, 1.165) is 38.9 Å². The van der Waals surface area contributed by atoms with E-state index in [-0.39, 0.29) is 0 Å². The van der Waals surface area contributed by atoms with E-state index in [1.54, 1.807) is 0 Å². The third-order valence-corrected chi connectivity index (χ3v) is 11.6. The maximum Gasteiger partial charge on any atom is 0.105 e. The first-order valence-electron chi connectivity index (χ1n) is 17.9. The normalized spacial score (nSPS) is 13.4. The molecule has 0 saturated carbocycles. The summed E-state index contributed by atoms with van der Waals surface area (Å²) in [6.45, 7) is 0. The molecule has 52 heavy (non-hydrogen) atoms. The Labute approximate surface area is 300 Å². The zero-order chi connectivity index (χ0) is 34.0. The van der Waals surface area contributed by atoms with Crippen LogP contribution in [0.1, 0.15) is 22.3 Å². The molecule has 1 spiro atoms. The summed E-state index contributed by atoms with van der Waals surface area (Å²) < 4.78 is 2.31. The standard InChI is InChI=1S/C50H28N2/c1-7-22-42-33(16-1)34-17-2-8-23-43(34)50(42)44-24-9-3-18-35(44)40-29-39-36-19-4-10-25-46(36)51-49(41(39)30-45(40)50)31-14-13-15-32(28-31)52-47-26-11-5-20-37(47)38-21-6-12-27-48(38)52/h1-11,13-26,28-30H. The molecule has 12 rings (SSSR count). The van der Waals surface area contributed by atoms with Gasteiger partial charge >= 0.3 is 0 Å². The average Bonchev–Trinajstić information content (AvgIpc) is 3.82. The minimum Gasteiger partial charge on any atom is -0.302 e. The Hall–Kier alpha value is -6.95. The van der Waals surface area contributed by atoms with Gasteiger partial charge in [-0.25, -0.2) is 4.98 Å². The predicted molar refractivity (Wildman–Crippen MR) is 213 cm³/mol. The highest BCUT2D eigenvalue weighted by atomic mass is 15.0. The molecule has 238 valence electrons. The van der Waals surface area contributed by atoms with Gasteiger partial charge in [0.1, 0.15) is 5.52 Å². The molecule has 0 saturated heterocycles. The second kappa shape index (κ2) is 10.1. The Kier molecular flexibility index (Phi) is 5.39. The zero-order valence-electron chi connectivity index (χ0n) is 28.1. The van der Waals surface area contributed by atoms with Crippen molar-refractivity contribution in [3.05, 3.63) is 204 Å². The summed E-state index contributed by atoms with van der Waals surface area (Å²) in [6.07, 6.45) is 0. The number of pyridine rings is 1. The fourth-order valence-electron chi connectivity index (χ4n) is 9.61. The summed E-state index contributed by atoms with van der Waals surface area (Å²) in [5.41, 5.74) is 16.5. The summed E-state index contributed by atoms with van der Waals surface area (Å²) in [5, 5.41) is 5.92. The summed E-state index contributed by atoms with van der Waals surface area (Å²) >= 11 is 0. The van der Waals surface area contributed by atoms with Gasteiger partial charge in [-0.05, 0) is 104 Å². The fraction of sp³-hybridized carbons (Fsp3) is 0.0200. The first kappa shape index (κ1) is 27.8. The largest absolute Gasteiger partial charge is 0.302 e. The van der Waals surface area contributed by atoms with Crippen molar-refractivity contribution in [1.82, 2.24) is 9.55 Å². The van der Waals surface area contributed by atoms with Crippen LogP contribution in [0.15, 0.2) is 170 Å². The molecule has 0 N–H and O–H groups in total. The lowest BCUT2D eigenvalue weighted by Gasteiger charge is -2.30. The Morgan fingerprint density at radius 2 is 1.12 bits per heavy atom. The summed E-state index contributed by atoms with van der Waals surface area (Å²) in [5.74, 6) is 0. The van der Waals surface area contributed by atoms with Crippen LogP contribution < -0.4 is 0 Å². The van der Waals surface area contributed by atoms with Crippen LogP contribution in [0.2, 0.25) is 0 Å². The molecule has 2 heteroatoms. The van der Waals surface area contributed by atoms with E-state index >= 15 is 0 Å². The number of hydrogen-bond donors (Lipinski definition) is 0. The lowest BCUT2D eigenvalue weighted by atomic mass is 9.70. The Morgan fingerprint density at radius 3 is 1.88 bits per heavy atom. The van der Waals surface area contributed by atoms with Gasteiger partial charge in [0, 0.05) is 32.8 Å².